The van der Waals surface area contributed by atoms with Crippen LogP contribution in [0, 0.1) is 5.92 Å². The van der Waals surface area contributed by atoms with Gasteiger partial charge in [-0.2, -0.15) is 9.61 Å². The zero-order valence-corrected chi connectivity index (χ0v) is 25.4. The van der Waals surface area contributed by atoms with Crippen molar-refractivity contribution in [2.24, 2.45) is 5.92 Å². The molecule has 0 saturated heterocycles. The smallest absolute Gasteiger partial charge is 0.415 e. The summed E-state index contributed by atoms with van der Waals surface area (Å²) in [6, 6.07) is 4.62. The van der Waals surface area contributed by atoms with E-state index in [9.17, 15) is 19.5 Å². The molecule has 0 radical (unpaired) electrons. The van der Waals surface area contributed by atoms with Crippen molar-refractivity contribution in [3.63, 3.8) is 0 Å². The number of pyridine rings is 1. The Morgan fingerprint density at radius 1 is 1.21 bits per heavy atom. The van der Waals surface area contributed by atoms with Crippen LogP contribution in [0.4, 0.5) is 22.1 Å². The van der Waals surface area contributed by atoms with Gasteiger partial charge in [0.15, 0.2) is 5.65 Å². The van der Waals surface area contributed by atoms with Gasteiger partial charge in [-0.05, 0) is 77.3 Å². The number of aromatic nitrogens is 4. The standard InChI is InChI=1S/C30H41N7O6/c1-30(2,3)43-29(41)35(4)25-15-24(33-21-8-7-13-36(28(21)40)22-9-6-10-23(22)38)34-26-20(17-32-37(25)26)27(39)31-16-18-11-12-19(14-18)42-5/h7-8,13,15,17-19,22-23,38H,6,9-12,14,16H2,1-5H3,(H,31,39)(H,33,34)/t18-,19-,22?,23-/m1/s1. The van der Waals surface area contributed by atoms with E-state index in [1.807, 2.05) is 0 Å². The van der Waals surface area contributed by atoms with Crippen molar-refractivity contribution in [2.75, 3.05) is 30.9 Å². The second kappa shape index (κ2) is 12.3. The minimum absolute atomic E-state index is 0.205. The Morgan fingerprint density at radius 2 is 2.00 bits per heavy atom. The van der Waals surface area contributed by atoms with Crippen LogP contribution in [0.1, 0.15) is 75.7 Å². The fourth-order valence-corrected chi connectivity index (χ4v) is 5.84. The zero-order valence-electron chi connectivity index (χ0n) is 25.4. The predicted molar refractivity (Wildman–Crippen MR) is 161 cm³/mol. The van der Waals surface area contributed by atoms with Crippen LogP contribution in [-0.2, 0) is 9.47 Å². The molecular weight excluding hydrogens is 554 g/mol. The van der Waals surface area contributed by atoms with Gasteiger partial charge in [-0.1, -0.05) is 0 Å². The Morgan fingerprint density at radius 3 is 2.67 bits per heavy atom. The minimum Gasteiger partial charge on any atom is -0.443 e. The number of rotatable bonds is 8. The molecule has 2 saturated carbocycles. The number of carbonyl (C=O) groups is 2. The van der Waals surface area contributed by atoms with Crippen molar-refractivity contribution in [1.29, 1.82) is 0 Å². The SMILES string of the molecule is CO[C@@H]1CC[C@@H](CNC(=O)c2cnn3c(N(C)C(=O)OC(C)(C)C)cc(Nc4cccn(C5CCC[C@H]5O)c4=O)nc23)C1. The first-order chi connectivity index (χ1) is 20.4. The molecule has 4 atom stereocenters. The molecule has 0 aromatic carbocycles. The molecule has 232 valence electrons. The molecule has 13 nitrogen and oxygen atoms in total. The fourth-order valence-electron chi connectivity index (χ4n) is 5.84. The maximum Gasteiger partial charge on any atom is 0.415 e. The van der Waals surface area contributed by atoms with Crippen LogP contribution in [0.15, 0.2) is 35.4 Å². The molecule has 2 aliphatic carbocycles. The lowest BCUT2D eigenvalue weighted by atomic mass is 10.1. The van der Waals surface area contributed by atoms with Gasteiger partial charge in [0.25, 0.3) is 11.5 Å². The van der Waals surface area contributed by atoms with Crippen molar-refractivity contribution in [3.8, 4) is 0 Å². The number of methoxy groups -OCH3 is 1. The molecular formula is C30H41N7O6. The molecule has 3 N–H and O–H groups in total. The highest BCUT2D eigenvalue weighted by Crippen LogP contribution is 2.30. The topological polar surface area (TPSA) is 152 Å². The van der Waals surface area contributed by atoms with E-state index in [2.05, 4.69) is 20.7 Å². The molecule has 2 amide bonds. The first-order valence-electron chi connectivity index (χ1n) is 14.8. The van der Waals surface area contributed by atoms with Crippen LogP contribution in [0.5, 0.6) is 0 Å². The first-order valence-corrected chi connectivity index (χ1v) is 14.8. The number of hydrogen-bond donors (Lipinski definition) is 3. The monoisotopic (exact) mass is 595 g/mol. The predicted octanol–water partition coefficient (Wildman–Crippen LogP) is 3.64. The molecule has 5 rings (SSSR count). The number of hydrogen-bond acceptors (Lipinski definition) is 9. The summed E-state index contributed by atoms with van der Waals surface area (Å²) in [6.45, 7) is 5.80. The summed E-state index contributed by atoms with van der Waals surface area (Å²) < 4.78 is 14.0. The van der Waals surface area contributed by atoms with Gasteiger partial charge in [-0.25, -0.2) is 9.78 Å². The number of amides is 2. The Labute approximate surface area is 250 Å². The Balaban J connectivity index is 1.49. The third kappa shape index (κ3) is 6.67. The van der Waals surface area contributed by atoms with Gasteiger partial charge in [0.05, 0.1) is 24.4 Å². The highest BCUT2D eigenvalue weighted by atomic mass is 16.6. The van der Waals surface area contributed by atoms with Crippen molar-refractivity contribution < 1.29 is 24.2 Å². The quantitative estimate of drug-likeness (QED) is 0.354. The van der Waals surface area contributed by atoms with Crippen LogP contribution >= 0.6 is 0 Å². The van der Waals surface area contributed by atoms with E-state index >= 15 is 0 Å². The second-order valence-electron chi connectivity index (χ2n) is 12.4. The summed E-state index contributed by atoms with van der Waals surface area (Å²) >= 11 is 0. The highest BCUT2D eigenvalue weighted by Gasteiger charge is 2.29. The number of ether oxygens (including phenoxy) is 2. The van der Waals surface area contributed by atoms with Crippen molar-refractivity contribution >= 4 is 35.0 Å². The van der Waals surface area contributed by atoms with E-state index in [-0.39, 0.29) is 52.1 Å². The number of nitrogens with one attached hydrogen (secondary N) is 2. The third-order valence-corrected chi connectivity index (χ3v) is 8.12. The minimum atomic E-state index is -0.740. The Bertz CT molecular complexity index is 1540. The third-order valence-electron chi connectivity index (χ3n) is 8.12. The van der Waals surface area contributed by atoms with Crippen molar-refractivity contribution in [1.82, 2.24) is 24.5 Å². The van der Waals surface area contributed by atoms with Crippen LogP contribution < -0.4 is 21.1 Å². The summed E-state index contributed by atoms with van der Waals surface area (Å²) in [6.07, 6.45) is 7.09. The number of anilines is 3. The number of nitrogens with zero attached hydrogens (tertiary/aromatic N) is 5. The van der Waals surface area contributed by atoms with E-state index < -0.39 is 17.8 Å². The van der Waals surface area contributed by atoms with Crippen LogP contribution in [0.3, 0.4) is 0 Å². The number of carbonyl (C=O) groups excluding carboxylic acids is 2. The van der Waals surface area contributed by atoms with E-state index in [1.54, 1.807) is 56.8 Å². The van der Waals surface area contributed by atoms with Crippen LogP contribution in [-0.4, -0.2) is 74.8 Å². The van der Waals surface area contributed by atoms with Crippen LogP contribution in [0.25, 0.3) is 5.65 Å². The number of fused-ring (bicyclic) bond motifs is 1. The molecule has 3 heterocycles. The fraction of sp³-hybridized carbons (Fsp3) is 0.567. The molecule has 43 heavy (non-hydrogen) atoms. The molecule has 0 spiro atoms. The summed E-state index contributed by atoms with van der Waals surface area (Å²) in [4.78, 5) is 45.7. The van der Waals surface area contributed by atoms with E-state index in [0.717, 1.165) is 25.7 Å². The second-order valence-corrected chi connectivity index (χ2v) is 12.4. The molecule has 1 unspecified atom stereocenters. The molecule has 13 heteroatoms. The summed E-state index contributed by atoms with van der Waals surface area (Å²) in [5, 5.41) is 20.9. The largest absolute Gasteiger partial charge is 0.443 e. The summed E-state index contributed by atoms with van der Waals surface area (Å²) in [7, 11) is 3.24. The van der Waals surface area contributed by atoms with Gasteiger partial charge >= 0.3 is 6.09 Å². The maximum atomic E-state index is 13.4. The molecule has 3 aromatic heterocycles. The summed E-state index contributed by atoms with van der Waals surface area (Å²) in [5.41, 5.74) is -0.381. The molecule has 3 aromatic rings. The van der Waals surface area contributed by atoms with E-state index in [1.165, 1.54) is 22.7 Å². The average molecular weight is 596 g/mol. The lowest BCUT2D eigenvalue weighted by molar-refractivity contribution is 0.0587. The number of aliphatic hydroxyl groups is 1. The molecule has 0 bridgehead atoms. The Hall–Kier alpha value is -3.97. The molecule has 0 aliphatic heterocycles. The molecule has 2 fully saturated rings. The van der Waals surface area contributed by atoms with Gasteiger partial charge < -0.3 is 29.8 Å². The van der Waals surface area contributed by atoms with Crippen molar-refractivity contribution in [3.05, 3.63) is 46.5 Å². The van der Waals surface area contributed by atoms with Gasteiger partial charge in [-0.3, -0.25) is 14.5 Å². The van der Waals surface area contributed by atoms with E-state index in [0.29, 0.717) is 25.3 Å². The van der Waals surface area contributed by atoms with Gasteiger partial charge in [0.1, 0.15) is 28.5 Å². The van der Waals surface area contributed by atoms with Gasteiger partial charge in [0.2, 0.25) is 0 Å². The highest BCUT2D eigenvalue weighted by molar-refractivity contribution is 6.00. The lowest BCUT2D eigenvalue weighted by Gasteiger charge is -2.25. The maximum absolute atomic E-state index is 13.4. The van der Waals surface area contributed by atoms with Crippen molar-refractivity contribution in [2.45, 2.75) is 83.1 Å². The summed E-state index contributed by atoms with van der Waals surface area (Å²) in [5.74, 6) is 0.479. The number of aliphatic hydroxyl groups excluding tert-OH is 1. The zero-order chi connectivity index (χ0) is 30.9. The van der Waals surface area contributed by atoms with Crippen LogP contribution in [0.2, 0.25) is 0 Å². The average Bonchev–Trinajstić information content (AvgIpc) is 3.71. The lowest BCUT2D eigenvalue weighted by Crippen LogP contribution is -2.35. The van der Waals surface area contributed by atoms with Gasteiger partial charge in [-0.15, -0.1) is 0 Å². The Kier molecular flexibility index (Phi) is 8.74. The molecule has 2 aliphatic rings. The first kappa shape index (κ1) is 30.5. The normalized spacial score (nSPS) is 22.1. The van der Waals surface area contributed by atoms with Gasteiger partial charge in [0, 0.05) is 33.0 Å². The van der Waals surface area contributed by atoms with E-state index in [4.69, 9.17) is 9.47 Å².